The van der Waals surface area contributed by atoms with Crippen LogP contribution < -0.4 is 0 Å². The fourth-order valence-electron chi connectivity index (χ4n) is 1.08. The Bertz CT molecular complexity index is 81.6. The van der Waals surface area contributed by atoms with Gasteiger partial charge in [-0.15, -0.1) is 0 Å². The molecule has 0 aliphatic rings. The molecule has 2 heteroatoms. The van der Waals surface area contributed by atoms with E-state index in [1.165, 1.54) is 0 Å². The summed E-state index contributed by atoms with van der Waals surface area (Å²) in [7, 11) is 0. The van der Waals surface area contributed by atoms with Gasteiger partial charge in [0.05, 0.1) is 6.10 Å². The lowest BCUT2D eigenvalue weighted by Crippen LogP contribution is -2.26. The Balaban J connectivity index is 3.34. The van der Waals surface area contributed by atoms with Crippen molar-refractivity contribution in [2.24, 2.45) is 0 Å². The maximum absolute atomic E-state index is 9.27. The van der Waals surface area contributed by atoms with Crippen LogP contribution in [0, 0.1) is 0 Å². The molecule has 0 fully saturated rings. The van der Waals surface area contributed by atoms with Gasteiger partial charge in [0.2, 0.25) is 0 Å². The van der Waals surface area contributed by atoms with Crippen LogP contribution in [0.3, 0.4) is 0 Å². The van der Waals surface area contributed by atoms with Gasteiger partial charge in [0.15, 0.2) is 0 Å². The first-order valence-electron chi connectivity index (χ1n) is 4.64. The van der Waals surface area contributed by atoms with Crippen LogP contribution in [0.15, 0.2) is 0 Å². The summed E-state index contributed by atoms with van der Waals surface area (Å²) in [5.74, 6) is 0. The highest BCUT2D eigenvalue weighted by molar-refractivity contribution is 4.57. The minimum Gasteiger partial charge on any atom is -0.393 e. The van der Waals surface area contributed by atoms with Crippen molar-refractivity contribution >= 4 is 0 Å². The zero-order chi connectivity index (χ0) is 8.69. The summed E-state index contributed by atoms with van der Waals surface area (Å²) in [6.45, 7) is 9.54. The molecule has 11 heavy (non-hydrogen) atoms. The zero-order valence-electron chi connectivity index (χ0n) is 8.01. The topological polar surface area (TPSA) is 23.5 Å². The van der Waals surface area contributed by atoms with Crippen molar-refractivity contribution in [1.82, 2.24) is 4.90 Å². The normalized spacial score (nSPS) is 13.9. The molecule has 0 saturated carbocycles. The molecular weight excluding hydrogens is 138 g/mol. The zero-order valence-corrected chi connectivity index (χ0v) is 8.01. The van der Waals surface area contributed by atoms with Gasteiger partial charge in [-0.2, -0.15) is 0 Å². The fourth-order valence-corrected chi connectivity index (χ4v) is 1.08. The first kappa shape index (κ1) is 10.9. The van der Waals surface area contributed by atoms with Gasteiger partial charge in [0.1, 0.15) is 0 Å². The van der Waals surface area contributed by atoms with Crippen LogP contribution >= 0.6 is 0 Å². The van der Waals surface area contributed by atoms with E-state index in [1.807, 2.05) is 6.92 Å². The van der Waals surface area contributed by atoms with E-state index in [2.05, 4.69) is 18.7 Å². The molecule has 68 valence electrons. The predicted molar refractivity (Wildman–Crippen MR) is 48.7 cm³/mol. The van der Waals surface area contributed by atoms with Crippen molar-refractivity contribution < 1.29 is 5.11 Å². The van der Waals surface area contributed by atoms with Gasteiger partial charge in [-0.3, -0.25) is 0 Å². The lowest BCUT2D eigenvalue weighted by molar-refractivity contribution is 0.140. The number of rotatable bonds is 6. The van der Waals surface area contributed by atoms with Gasteiger partial charge in [-0.05, 0) is 25.9 Å². The molecule has 0 aliphatic heterocycles. The van der Waals surface area contributed by atoms with Crippen molar-refractivity contribution in [2.45, 2.75) is 39.7 Å². The molecule has 2 nitrogen and oxygen atoms in total. The molecule has 0 bridgehead atoms. The van der Waals surface area contributed by atoms with Crippen molar-refractivity contribution in [1.29, 1.82) is 0 Å². The van der Waals surface area contributed by atoms with Crippen molar-refractivity contribution in [2.75, 3.05) is 19.6 Å². The molecule has 0 radical (unpaired) electrons. The highest BCUT2D eigenvalue weighted by Crippen LogP contribution is 1.98. The summed E-state index contributed by atoms with van der Waals surface area (Å²) in [5, 5.41) is 9.27. The Hall–Kier alpha value is -0.0800. The molecule has 0 heterocycles. The van der Waals surface area contributed by atoms with Crippen LogP contribution in [0.25, 0.3) is 0 Å². The maximum Gasteiger partial charge on any atom is 0.0549 e. The van der Waals surface area contributed by atoms with Crippen molar-refractivity contribution in [3.8, 4) is 0 Å². The molecule has 1 atom stereocenters. The van der Waals surface area contributed by atoms with Crippen LogP contribution in [0.4, 0.5) is 0 Å². The molecule has 0 rings (SSSR count). The summed E-state index contributed by atoms with van der Waals surface area (Å²) in [5.41, 5.74) is 0. The van der Waals surface area contributed by atoms with Crippen LogP contribution in [-0.4, -0.2) is 35.7 Å². The largest absolute Gasteiger partial charge is 0.393 e. The van der Waals surface area contributed by atoms with Gasteiger partial charge in [0, 0.05) is 6.54 Å². The second-order valence-corrected chi connectivity index (χ2v) is 2.88. The van der Waals surface area contributed by atoms with Gasteiger partial charge in [-0.1, -0.05) is 20.8 Å². The lowest BCUT2D eigenvalue weighted by atomic mass is 10.2. The highest BCUT2D eigenvalue weighted by atomic mass is 16.3. The van der Waals surface area contributed by atoms with Gasteiger partial charge >= 0.3 is 0 Å². The molecule has 0 aromatic carbocycles. The average molecular weight is 159 g/mol. The SMILES string of the molecule is CCC(O)CCN(CC)CC. The first-order valence-corrected chi connectivity index (χ1v) is 4.64. The average Bonchev–Trinajstić information content (AvgIpc) is 2.06. The molecule has 0 amide bonds. The second-order valence-electron chi connectivity index (χ2n) is 2.88. The summed E-state index contributed by atoms with van der Waals surface area (Å²) >= 11 is 0. The molecular formula is C9H21NO. The number of hydrogen-bond acceptors (Lipinski definition) is 2. The van der Waals surface area contributed by atoms with E-state index in [0.29, 0.717) is 0 Å². The van der Waals surface area contributed by atoms with Crippen LogP contribution in [0.2, 0.25) is 0 Å². The Kier molecular flexibility index (Phi) is 6.57. The summed E-state index contributed by atoms with van der Waals surface area (Å²) < 4.78 is 0. The number of hydrogen-bond donors (Lipinski definition) is 1. The Morgan fingerprint density at radius 3 is 2.09 bits per heavy atom. The van der Waals surface area contributed by atoms with Crippen LogP contribution in [0.1, 0.15) is 33.6 Å². The molecule has 0 aromatic heterocycles. The highest BCUT2D eigenvalue weighted by Gasteiger charge is 2.03. The van der Waals surface area contributed by atoms with Gasteiger partial charge < -0.3 is 10.0 Å². The van der Waals surface area contributed by atoms with Crippen molar-refractivity contribution in [3.05, 3.63) is 0 Å². The third-order valence-corrected chi connectivity index (χ3v) is 2.14. The van der Waals surface area contributed by atoms with E-state index in [1.54, 1.807) is 0 Å². The molecule has 0 aliphatic carbocycles. The molecule has 0 spiro atoms. The number of nitrogens with zero attached hydrogens (tertiary/aromatic N) is 1. The quantitative estimate of drug-likeness (QED) is 0.634. The van der Waals surface area contributed by atoms with Crippen LogP contribution in [-0.2, 0) is 0 Å². The summed E-state index contributed by atoms with van der Waals surface area (Å²) in [4.78, 5) is 2.33. The Morgan fingerprint density at radius 2 is 1.73 bits per heavy atom. The Labute approximate surface area is 70.2 Å². The minimum atomic E-state index is -0.101. The standard InChI is InChI=1S/C9H21NO/c1-4-9(11)7-8-10(5-2)6-3/h9,11H,4-8H2,1-3H3. The third-order valence-electron chi connectivity index (χ3n) is 2.14. The number of aliphatic hydroxyl groups excluding tert-OH is 1. The second kappa shape index (κ2) is 6.62. The van der Waals surface area contributed by atoms with Gasteiger partial charge in [-0.25, -0.2) is 0 Å². The monoisotopic (exact) mass is 159 g/mol. The molecule has 0 aromatic rings. The van der Waals surface area contributed by atoms with Crippen molar-refractivity contribution in [3.63, 3.8) is 0 Å². The summed E-state index contributed by atoms with van der Waals surface area (Å²) in [6, 6.07) is 0. The first-order chi connectivity index (χ1) is 5.24. The predicted octanol–water partition coefficient (Wildman–Crippen LogP) is 1.49. The van der Waals surface area contributed by atoms with E-state index in [-0.39, 0.29) is 6.10 Å². The molecule has 1 N–H and O–H groups in total. The molecule has 1 unspecified atom stereocenters. The Morgan fingerprint density at radius 1 is 1.18 bits per heavy atom. The lowest BCUT2D eigenvalue weighted by Gasteiger charge is -2.19. The fraction of sp³-hybridized carbons (Fsp3) is 1.00. The van der Waals surface area contributed by atoms with Crippen LogP contribution in [0.5, 0.6) is 0 Å². The maximum atomic E-state index is 9.27. The van der Waals surface area contributed by atoms with E-state index in [4.69, 9.17) is 0 Å². The van der Waals surface area contributed by atoms with E-state index in [0.717, 1.165) is 32.5 Å². The van der Waals surface area contributed by atoms with E-state index in [9.17, 15) is 5.11 Å². The number of aliphatic hydroxyl groups is 1. The summed E-state index contributed by atoms with van der Waals surface area (Å²) in [6.07, 6.45) is 1.69. The third kappa shape index (κ3) is 5.22. The smallest absolute Gasteiger partial charge is 0.0549 e. The molecule has 0 saturated heterocycles. The minimum absolute atomic E-state index is 0.101. The van der Waals surface area contributed by atoms with Gasteiger partial charge in [0.25, 0.3) is 0 Å². The van der Waals surface area contributed by atoms with E-state index < -0.39 is 0 Å². The van der Waals surface area contributed by atoms with E-state index >= 15 is 0 Å².